The van der Waals surface area contributed by atoms with E-state index in [1.807, 2.05) is 42.5 Å². The van der Waals surface area contributed by atoms with Gasteiger partial charge in [-0.2, -0.15) is 5.26 Å². The van der Waals surface area contributed by atoms with Crippen LogP contribution in [0.3, 0.4) is 0 Å². The number of pyridine rings is 1. The molecule has 0 amide bonds. The van der Waals surface area contributed by atoms with E-state index in [1.54, 1.807) is 17.5 Å². The zero-order valence-corrected chi connectivity index (χ0v) is 13.9. The standard InChI is InChI=1S/C18H11BrN2S/c19-15-6-4-13(5-7-15)18-9-8-16(22-18)11-14(12-20)17-3-1-2-10-21-17/h1-11H/b14-11+. The van der Waals surface area contributed by atoms with E-state index in [0.29, 0.717) is 11.3 Å². The summed E-state index contributed by atoms with van der Waals surface area (Å²) in [5, 5.41) is 9.34. The fraction of sp³-hybridized carbons (Fsp3) is 0. The smallest absolute Gasteiger partial charge is 0.101 e. The van der Waals surface area contributed by atoms with E-state index >= 15 is 0 Å². The average molecular weight is 367 g/mol. The van der Waals surface area contributed by atoms with Crippen LogP contribution in [0.2, 0.25) is 0 Å². The zero-order chi connectivity index (χ0) is 15.4. The van der Waals surface area contributed by atoms with Gasteiger partial charge < -0.3 is 0 Å². The summed E-state index contributed by atoms with van der Waals surface area (Å²) in [6.07, 6.45) is 3.58. The van der Waals surface area contributed by atoms with Crippen LogP contribution < -0.4 is 0 Å². The third-order valence-corrected chi connectivity index (χ3v) is 4.71. The Morgan fingerprint density at radius 2 is 1.91 bits per heavy atom. The van der Waals surface area contributed by atoms with Crippen molar-refractivity contribution in [2.75, 3.05) is 0 Å². The molecule has 4 heteroatoms. The topological polar surface area (TPSA) is 36.7 Å². The van der Waals surface area contributed by atoms with E-state index in [0.717, 1.165) is 9.35 Å². The van der Waals surface area contributed by atoms with Gasteiger partial charge in [0.25, 0.3) is 0 Å². The Hall–Kier alpha value is -2.22. The lowest BCUT2D eigenvalue weighted by Crippen LogP contribution is -1.84. The number of halogens is 1. The molecule has 2 heterocycles. The Labute approximate surface area is 141 Å². The van der Waals surface area contributed by atoms with Crippen LogP contribution >= 0.6 is 27.3 Å². The van der Waals surface area contributed by atoms with Crippen LogP contribution in [-0.4, -0.2) is 4.98 Å². The minimum absolute atomic E-state index is 0.574. The number of nitrogens with zero attached hydrogens (tertiary/aromatic N) is 2. The maximum atomic E-state index is 9.34. The van der Waals surface area contributed by atoms with Crippen molar-refractivity contribution in [1.82, 2.24) is 4.98 Å². The molecule has 2 aromatic heterocycles. The molecule has 0 atom stereocenters. The number of nitriles is 1. The van der Waals surface area contributed by atoms with Crippen LogP contribution in [-0.2, 0) is 0 Å². The molecule has 3 aromatic rings. The Balaban J connectivity index is 1.92. The van der Waals surface area contributed by atoms with Crippen LogP contribution in [0, 0.1) is 11.3 Å². The molecule has 22 heavy (non-hydrogen) atoms. The molecule has 0 N–H and O–H groups in total. The van der Waals surface area contributed by atoms with Gasteiger partial charge in [-0.3, -0.25) is 4.98 Å². The molecule has 0 unspecified atom stereocenters. The monoisotopic (exact) mass is 366 g/mol. The summed E-state index contributed by atoms with van der Waals surface area (Å²) >= 11 is 5.10. The highest BCUT2D eigenvalue weighted by Gasteiger charge is 2.05. The summed E-state index contributed by atoms with van der Waals surface area (Å²) in [7, 11) is 0. The molecule has 0 aliphatic rings. The van der Waals surface area contributed by atoms with Crippen molar-refractivity contribution in [3.63, 3.8) is 0 Å². The molecule has 0 saturated heterocycles. The van der Waals surface area contributed by atoms with E-state index in [9.17, 15) is 5.26 Å². The van der Waals surface area contributed by atoms with Crippen molar-refractivity contribution >= 4 is 38.9 Å². The minimum atomic E-state index is 0.574. The molecule has 0 fully saturated rings. The highest BCUT2D eigenvalue weighted by atomic mass is 79.9. The number of hydrogen-bond donors (Lipinski definition) is 0. The SMILES string of the molecule is N#C/C(=C\c1ccc(-c2ccc(Br)cc2)s1)c1ccccn1. The lowest BCUT2D eigenvalue weighted by molar-refractivity contribution is 1.28. The Bertz CT molecular complexity index is 843. The van der Waals surface area contributed by atoms with Gasteiger partial charge in [0, 0.05) is 20.4 Å². The van der Waals surface area contributed by atoms with Crippen LogP contribution in [0.1, 0.15) is 10.6 Å². The molecule has 1 aromatic carbocycles. The van der Waals surface area contributed by atoms with Crippen LogP contribution in [0.15, 0.2) is 65.3 Å². The second-order valence-corrected chi connectivity index (χ2v) is 6.62. The van der Waals surface area contributed by atoms with Gasteiger partial charge >= 0.3 is 0 Å². The van der Waals surface area contributed by atoms with Gasteiger partial charge in [-0.05, 0) is 48.0 Å². The van der Waals surface area contributed by atoms with E-state index < -0.39 is 0 Å². The first-order valence-corrected chi connectivity index (χ1v) is 8.26. The second kappa shape index (κ2) is 6.69. The molecule has 0 aliphatic carbocycles. The molecular formula is C18H11BrN2S. The molecular weight excluding hydrogens is 356 g/mol. The van der Waals surface area contributed by atoms with Gasteiger partial charge in [0.15, 0.2) is 0 Å². The molecule has 0 radical (unpaired) electrons. The molecule has 0 spiro atoms. The first-order valence-electron chi connectivity index (χ1n) is 6.65. The summed E-state index contributed by atoms with van der Waals surface area (Å²) in [6.45, 7) is 0. The first kappa shape index (κ1) is 14.7. The molecule has 0 bridgehead atoms. The van der Waals surface area contributed by atoms with Gasteiger partial charge in [0.1, 0.15) is 6.07 Å². The molecule has 2 nitrogen and oxygen atoms in total. The lowest BCUT2D eigenvalue weighted by atomic mass is 10.1. The average Bonchev–Trinajstić information content (AvgIpc) is 3.03. The van der Waals surface area contributed by atoms with E-state index in [1.165, 1.54) is 10.4 Å². The number of hydrogen-bond acceptors (Lipinski definition) is 3. The van der Waals surface area contributed by atoms with Crippen molar-refractivity contribution < 1.29 is 0 Å². The summed E-state index contributed by atoms with van der Waals surface area (Å²) in [5.41, 5.74) is 2.44. The largest absolute Gasteiger partial charge is 0.256 e. The van der Waals surface area contributed by atoms with Gasteiger partial charge in [0.2, 0.25) is 0 Å². The van der Waals surface area contributed by atoms with Crippen molar-refractivity contribution in [2.24, 2.45) is 0 Å². The third-order valence-electron chi connectivity index (χ3n) is 3.10. The fourth-order valence-electron chi connectivity index (χ4n) is 2.03. The van der Waals surface area contributed by atoms with Crippen LogP contribution in [0.4, 0.5) is 0 Å². The first-order chi connectivity index (χ1) is 10.8. The lowest BCUT2D eigenvalue weighted by Gasteiger charge is -1.97. The fourth-order valence-corrected chi connectivity index (χ4v) is 3.25. The highest BCUT2D eigenvalue weighted by Crippen LogP contribution is 2.31. The van der Waals surface area contributed by atoms with Crippen molar-refractivity contribution in [2.45, 2.75) is 0 Å². The van der Waals surface area contributed by atoms with Gasteiger partial charge in [-0.25, -0.2) is 0 Å². The quantitative estimate of drug-likeness (QED) is 0.562. The summed E-state index contributed by atoms with van der Waals surface area (Å²) in [4.78, 5) is 6.45. The maximum absolute atomic E-state index is 9.34. The Kier molecular flexibility index (Phi) is 4.47. The van der Waals surface area contributed by atoms with Gasteiger partial charge in [-0.1, -0.05) is 34.1 Å². The van der Waals surface area contributed by atoms with E-state index in [4.69, 9.17) is 0 Å². The van der Waals surface area contributed by atoms with Crippen molar-refractivity contribution in [1.29, 1.82) is 5.26 Å². The number of thiophene rings is 1. The van der Waals surface area contributed by atoms with Crippen LogP contribution in [0.5, 0.6) is 0 Å². The molecule has 0 aliphatic heterocycles. The minimum Gasteiger partial charge on any atom is -0.256 e. The number of allylic oxidation sites excluding steroid dienone is 1. The molecule has 0 saturated carbocycles. The predicted molar refractivity (Wildman–Crippen MR) is 95.2 cm³/mol. The summed E-state index contributed by atoms with van der Waals surface area (Å²) < 4.78 is 1.06. The number of aromatic nitrogens is 1. The highest BCUT2D eigenvalue weighted by molar-refractivity contribution is 9.10. The predicted octanol–water partition coefficient (Wildman–Crippen LogP) is 5.64. The Morgan fingerprint density at radius 1 is 1.09 bits per heavy atom. The summed E-state index contributed by atoms with van der Waals surface area (Å²) in [6, 6.07) is 20.1. The van der Waals surface area contributed by atoms with Crippen LogP contribution in [0.25, 0.3) is 22.1 Å². The second-order valence-electron chi connectivity index (χ2n) is 4.59. The van der Waals surface area contributed by atoms with Crippen molar-refractivity contribution in [3.05, 3.63) is 75.8 Å². The Morgan fingerprint density at radius 3 is 2.59 bits per heavy atom. The number of benzene rings is 1. The number of rotatable bonds is 3. The normalized spacial score (nSPS) is 11.2. The third kappa shape index (κ3) is 3.33. The molecule has 3 rings (SSSR count). The summed E-state index contributed by atoms with van der Waals surface area (Å²) in [5.74, 6) is 0. The van der Waals surface area contributed by atoms with Crippen molar-refractivity contribution in [3.8, 4) is 16.5 Å². The maximum Gasteiger partial charge on any atom is 0.101 e. The van der Waals surface area contributed by atoms with E-state index in [2.05, 4.69) is 45.2 Å². The molecule has 106 valence electrons. The zero-order valence-electron chi connectivity index (χ0n) is 11.5. The van der Waals surface area contributed by atoms with Gasteiger partial charge in [-0.15, -0.1) is 11.3 Å². The van der Waals surface area contributed by atoms with Gasteiger partial charge in [0.05, 0.1) is 11.3 Å². The van der Waals surface area contributed by atoms with E-state index in [-0.39, 0.29) is 0 Å².